The fraction of sp³-hybridized carbons (Fsp3) is 0.846. The highest BCUT2D eigenvalue weighted by Crippen LogP contribution is 2.31. The summed E-state index contributed by atoms with van der Waals surface area (Å²) in [6.07, 6.45) is 5.50. The van der Waals surface area contributed by atoms with Crippen LogP contribution in [0, 0.1) is 0 Å². The third-order valence-corrected chi connectivity index (χ3v) is 3.96. The zero-order valence-electron chi connectivity index (χ0n) is 11.3. The summed E-state index contributed by atoms with van der Waals surface area (Å²) < 4.78 is 5.74. The van der Waals surface area contributed by atoms with Crippen LogP contribution in [0.5, 0.6) is 0 Å². The maximum Gasteiger partial charge on any atom is 0.111 e. The van der Waals surface area contributed by atoms with Gasteiger partial charge in [-0.3, -0.25) is 0 Å². The summed E-state index contributed by atoms with van der Waals surface area (Å²) in [7, 11) is 6.34. The van der Waals surface area contributed by atoms with Gasteiger partial charge >= 0.3 is 0 Å². The molecular formula is C13H26N2O. The fourth-order valence-electron chi connectivity index (χ4n) is 2.86. The summed E-state index contributed by atoms with van der Waals surface area (Å²) in [6.45, 7) is 5.34. The van der Waals surface area contributed by atoms with E-state index in [1.54, 1.807) is 0 Å². The minimum atomic E-state index is 0.144. The lowest BCUT2D eigenvalue weighted by Crippen LogP contribution is -2.58. The zero-order chi connectivity index (χ0) is 12.2. The molecular weight excluding hydrogens is 200 g/mol. The van der Waals surface area contributed by atoms with Gasteiger partial charge in [-0.25, -0.2) is 0 Å². The fourth-order valence-corrected chi connectivity index (χ4v) is 2.86. The molecule has 1 atom stereocenters. The van der Waals surface area contributed by atoms with Crippen molar-refractivity contribution in [1.29, 1.82) is 0 Å². The second kappa shape index (κ2) is 5.69. The largest absolute Gasteiger partial charge is 0.496 e. The standard InChI is InChI=1S/C13H26N2O/c1-6-13(7-2,15(4)5)12(14-3)11-9-8-10-16-11/h9,12,14H,6-8,10H2,1-5H3. The number of hydrogen-bond acceptors (Lipinski definition) is 3. The molecule has 0 spiro atoms. The van der Waals surface area contributed by atoms with Gasteiger partial charge in [0.05, 0.1) is 12.6 Å². The van der Waals surface area contributed by atoms with Gasteiger partial charge in [-0.1, -0.05) is 13.8 Å². The van der Waals surface area contributed by atoms with Crippen molar-refractivity contribution in [2.45, 2.75) is 44.7 Å². The number of likely N-dealkylation sites (N-methyl/N-ethyl adjacent to an activating group) is 2. The van der Waals surface area contributed by atoms with E-state index in [2.05, 4.69) is 44.2 Å². The van der Waals surface area contributed by atoms with E-state index in [-0.39, 0.29) is 5.54 Å². The molecule has 0 amide bonds. The van der Waals surface area contributed by atoms with E-state index in [1.807, 2.05) is 7.05 Å². The van der Waals surface area contributed by atoms with Gasteiger partial charge in [0, 0.05) is 12.0 Å². The minimum Gasteiger partial charge on any atom is -0.496 e. The molecule has 0 radical (unpaired) electrons. The van der Waals surface area contributed by atoms with Crippen molar-refractivity contribution in [2.75, 3.05) is 27.7 Å². The van der Waals surface area contributed by atoms with Crippen molar-refractivity contribution in [1.82, 2.24) is 10.2 Å². The topological polar surface area (TPSA) is 24.5 Å². The molecule has 3 nitrogen and oxygen atoms in total. The predicted molar refractivity (Wildman–Crippen MR) is 68.5 cm³/mol. The van der Waals surface area contributed by atoms with E-state index >= 15 is 0 Å². The molecule has 0 aliphatic carbocycles. The average Bonchev–Trinajstić information content (AvgIpc) is 2.78. The van der Waals surface area contributed by atoms with Gasteiger partial charge in [0.25, 0.3) is 0 Å². The number of nitrogens with one attached hydrogen (secondary N) is 1. The average molecular weight is 226 g/mol. The first-order valence-electron chi connectivity index (χ1n) is 6.30. The first-order valence-corrected chi connectivity index (χ1v) is 6.30. The predicted octanol–water partition coefficient (Wildman–Crippen LogP) is 2.00. The lowest BCUT2D eigenvalue weighted by Gasteiger charge is -2.45. The molecule has 0 saturated carbocycles. The zero-order valence-corrected chi connectivity index (χ0v) is 11.3. The Balaban J connectivity index is 2.97. The Bertz CT molecular complexity index is 244. The molecule has 1 unspecified atom stereocenters. The molecule has 1 aliphatic heterocycles. The van der Waals surface area contributed by atoms with Gasteiger partial charge in [0.15, 0.2) is 0 Å². The van der Waals surface area contributed by atoms with Crippen LogP contribution in [-0.2, 0) is 4.74 Å². The van der Waals surface area contributed by atoms with Crippen molar-refractivity contribution in [2.24, 2.45) is 0 Å². The van der Waals surface area contributed by atoms with Crippen LogP contribution in [0.2, 0.25) is 0 Å². The summed E-state index contributed by atoms with van der Waals surface area (Å²) >= 11 is 0. The molecule has 1 aliphatic rings. The number of nitrogens with zero attached hydrogens (tertiary/aromatic N) is 1. The first kappa shape index (κ1) is 13.5. The van der Waals surface area contributed by atoms with Gasteiger partial charge in [0.1, 0.15) is 5.76 Å². The summed E-state index contributed by atoms with van der Waals surface area (Å²) in [5.41, 5.74) is 0.144. The normalized spacial score (nSPS) is 18.5. The monoisotopic (exact) mass is 226 g/mol. The van der Waals surface area contributed by atoms with Gasteiger partial charge in [0.2, 0.25) is 0 Å². The van der Waals surface area contributed by atoms with Crippen molar-refractivity contribution in [3.63, 3.8) is 0 Å². The second-order valence-corrected chi connectivity index (χ2v) is 4.67. The van der Waals surface area contributed by atoms with E-state index in [1.165, 1.54) is 0 Å². The van der Waals surface area contributed by atoms with Crippen LogP contribution in [0.1, 0.15) is 33.1 Å². The molecule has 1 N–H and O–H groups in total. The summed E-state index contributed by atoms with van der Waals surface area (Å²) in [5, 5.41) is 3.43. The van der Waals surface area contributed by atoms with Crippen LogP contribution in [0.15, 0.2) is 11.8 Å². The lowest BCUT2D eigenvalue weighted by molar-refractivity contribution is 0.0755. The minimum absolute atomic E-state index is 0.144. The lowest BCUT2D eigenvalue weighted by atomic mass is 9.82. The van der Waals surface area contributed by atoms with E-state index in [9.17, 15) is 0 Å². The molecule has 3 heteroatoms. The maximum atomic E-state index is 5.74. The van der Waals surface area contributed by atoms with Gasteiger partial charge in [-0.05, 0) is 40.1 Å². The van der Waals surface area contributed by atoms with E-state index in [0.717, 1.165) is 31.6 Å². The number of rotatable bonds is 6. The molecule has 0 aromatic rings. The first-order chi connectivity index (χ1) is 7.62. The van der Waals surface area contributed by atoms with E-state index in [0.29, 0.717) is 6.04 Å². The van der Waals surface area contributed by atoms with Crippen molar-refractivity contribution < 1.29 is 4.74 Å². The molecule has 16 heavy (non-hydrogen) atoms. The van der Waals surface area contributed by atoms with Crippen LogP contribution < -0.4 is 5.32 Å². The SMILES string of the molecule is CCC(CC)(C(NC)C1=CCCO1)N(C)C. The smallest absolute Gasteiger partial charge is 0.111 e. The molecule has 0 fully saturated rings. The Morgan fingerprint density at radius 3 is 2.38 bits per heavy atom. The Kier molecular flexibility index (Phi) is 4.81. The number of ether oxygens (including phenoxy) is 1. The third kappa shape index (κ3) is 2.25. The Hall–Kier alpha value is -0.540. The van der Waals surface area contributed by atoms with Crippen LogP contribution in [0.4, 0.5) is 0 Å². The van der Waals surface area contributed by atoms with Crippen LogP contribution >= 0.6 is 0 Å². The molecule has 94 valence electrons. The van der Waals surface area contributed by atoms with Gasteiger partial charge in [-0.15, -0.1) is 0 Å². The van der Waals surface area contributed by atoms with Crippen molar-refractivity contribution in [3.05, 3.63) is 11.8 Å². The Morgan fingerprint density at radius 2 is 2.06 bits per heavy atom. The number of hydrogen-bond donors (Lipinski definition) is 1. The molecule has 0 aromatic heterocycles. The summed E-state index contributed by atoms with van der Waals surface area (Å²) in [4.78, 5) is 2.33. The molecule has 0 aromatic carbocycles. The highest BCUT2D eigenvalue weighted by molar-refractivity contribution is 5.16. The molecule has 1 rings (SSSR count). The summed E-state index contributed by atoms with van der Waals surface area (Å²) in [6, 6.07) is 0.292. The van der Waals surface area contributed by atoms with Crippen LogP contribution in [-0.4, -0.2) is 44.2 Å². The highest BCUT2D eigenvalue weighted by atomic mass is 16.5. The van der Waals surface area contributed by atoms with E-state index in [4.69, 9.17) is 4.74 Å². The third-order valence-electron chi connectivity index (χ3n) is 3.96. The Labute approximate surface area is 99.8 Å². The maximum absolute atomic E-state index is 5.74. The van der Waals surface area contributed by atoms with Crippen LogP contribution in [0.3, 0.4) is 0 Å². The van der Waals surface area contributed by atoms with Crippen molar-refractivity contribution >= 4 is 0 Å². The van der Waals surface area contributed by atoms with Crippen molar-refractivity contribution in [3.8, 4) is 0 Å². The van der Waals surface area contributed by atoms with Gasteiger partial charge in [-0.2, -0.15) is 0 Å². The second-order valence-electron chi connectivity index (χ2n) is 4.67. The Morgan fingerprint density at radius 1 is 1.44 bits per heavy atom. The quantitative estimate of drug-likeness (QED) is 0.749. The highest BCUT2D eigenvalue weighted by Gasteiger charge is 2.40. The summed E-state index contributed by atoms with van der Waals surface area (Å²) in [5.74, 6) is 1.12. The van der Waals surface area contributed by atoms with Gasteiger partial charge < -0.3 is 15.0 Å². The van der Waals surface area contributed by atoms with E-state index < -0.39 is 0 Å². The molecule has 1 heterocycles. The molecule has 0 saturated heterocycles. The molecule has 0 bridgehead atoms. The van der Waals surface area contributed by atoms with Crippen LogP contribution in [0.25, 0.3) is 0 Å².